The van der Waals surface area contributed by atoms with E-state index in [-0.39, 0.29) is 29.1 Å². The van der Waals surface area contributed by atoms with Crippen molar-refractivity contribution in [2.75, 3.05) is 12.8 Å². The van der Waals surface area contributed by atoms with E-state index in [0.29, 0.717) is 11.1 Å². The number of hydrogen-bond acceptors (Lipinski definition) is 5. The number of halogens is 3. The van der Waals surface area contributed by atoms with Gasteiger partial charge in [0.25, 0.3) is 5.91 Å². The fourth-order valence-corrected chi connectivity index (χ4v) is 3.20. The van der Waals surface area contributed by atoms with E-state index < -0.39 is 23.9 Å². The Balaban J connectivity index is 1.78. The summed E-state index contributed by atoms with van der Waals surface area (Å²) < 4.78 is 44.8. The molecule has 0 spiro atoms. The lowest BCUT2D eigenvalue weighted by Crippen LogP contribution is -2.16. The van der Waals surface area contributed by atoms with Gasteiger partial charge in [0, 0.05) is 11.6 Å². The zero-order valence-electron chi connectivity index (χ0n) is 14.2. The minimum absolute atomic E-state index is 0.00786. The van der Waals surface area contributed by atoms with E-state index in [1.165, 1.54) is 13.2 Å². The van der Waals surface area contributed by atoms with Crippen molar-refractivity contribution in [2.24, 2.45) is 5.92 Å². The second-order valence-electron chi connectivity index (χ2n) is 6.40. The second kappa shape index (κ2) is 5.97. The number of para-hydroxylation sites is 1. The summed E-state index contributed by atoms with van der Waals surface area (Å²) >= 11 is 0. The predicted octanol–water partition coefficient (Wildman–Crippen LogP) is 3.38. The number of alkyl halides is 3. The molecule has 0 amide bonds. The lowest BCUT2D eigenvalue weighted by atomic mass is 10.2. The molecule has 2 aromatic heterocycles. The molecule has 9 heteroatoms. The van der Waals surface area contributed by atoms with Crippen LogP contribution in [0.15, 0.2) is 36.4 Å². The number of carbonyl (C=O) groups is 1. The van der Waals surface area contributed by atoms with Crippen LogP contribution in [0.1, 0.15) is 28.4 Å². The average molecular weight is 376 g/mol. The van der Waals surface area contributed by atoms with Crippen LogP contribution >= 0.6 is 0 Å². The number of nitrogen functional groups attached to an aromatic ring is 1. The van der Waals surface area contributed by atoms with Gasteiger partial charge in [0.15, 0.2) is 11.5 Å². The molecule has 1 aliphatic rings. The smallest absolute Gasteiger partial charge is 0.392 e. The van der Waals surface area contributed by atoms with Gasteiger partial charge < -0.3 is 10.5 Å². The van der Waals surface area contributed by atoms with E-state index in [1.54, 1.807) is 30.3 Å². The topological polar surface area (TPSA) is 83.0 Å². The van der Waals surface area contributed by atoms with Crippen molar-refractivity contribution in [2.45, 2.75) is 18.5 Å². The van der Waals surface area contributed by atoms with Crippen LogP contribution in [0, 0.1) is 5.92 Å². The molecule has 27 heavy (non-hydrogen) atoms. The van der Waals surface area contributed by atoms with Crippen LogP contribution in [0.4, 0.5) is 19.0 Å². The van der Waals surface area contributed by atoms with Crippen molar-refractivity contribution in [3.05, 3.63) is 47.7 Å². The Kier molecular flexibility index (Phi) is 3.83. The van der Waals surface area contributed by atoms with Gasteiger partial charge in [-0.15, -0.1) is 5.10 Å². The Bertz CT molecular complexity index is 1040. The summed E-state index contributed by atoms with van der Waals surface area (Å²) in [6.45, 7) is 0. The summed E-state index contributed by atoms with van der Waals surface area (Å²) in [5.41, 5.74) is 6.52. The van der Waals surface area contributed by atoms with Crippen molar-refractivity contribution in [1.29, 1.82) is 0 Å². The minimum atomic E-state index is -4.26. The van der Waals surface area contributed by atoms with Gasteiger partial charge in [0.2, 0.25) is 0 Å². The molecular formula is C18H15F3N4O2. The van der Waals surface area contributed by atoms with Crippen LogP contribution in [0.3, 0.4) is 0 Å². The Morgan fingerprint density at radius 1 is 1.26 bits per heavy atom. The summed E-state index contributed by atoms with van der Waals surface area (Å²) in [7, 11) is 1.43. The van der Waals surface area contributed by atoms with Gasteiger partial charge in [-0.25, -0.2) is 4.98 Å². The van der Waals surface area contributed by atoms with Crippen LogP contribution in [0.25, 0.3) is 11.0 Å². The molecule has 140 valence electrons. The van der Waals surface area contributed by atoms with Crippen LogP contribution in [-0.2, 0) is 0 Å². The zero-order chi connectivity index (χ0) is 19.3. The first-order chi connectivity index (χ1) is 12.8. The molecule has 0 saturated heterocycles. The monoisotopic (exact) mass is 376 g/mol. The maximum Gasteiger partial charge on any atom is 0.392 e. The van der Waals surface area contributed by atoms with Gasteiger partial charge in [-0.3, -0.25) is 4.79 Å². The Hall–Kier alpha value is -3.10. The highest BCUT2D eigenvalue weighted by atomic mass is 19.4. The third kappa shape index (κ3) is 2.88. The predicted molar refractivity (Wildman–Crippen MR) is 91.6 cm³/mol. The number of fused-ring (bicyclic) bond motifs is 1. The number of ether oxygens (including phenoxy) is 1. The minimum Gasteiger partial charge on any atom is -0.496 e. The summed E-state index contributed by atoms with van der Waals surface area (Å²) in [6, 6.07) is 9.63. The Morgan fingerprint density at radius 2 is 2.00 bits per heavy atom. The van der Waals surface area contributed by atoms with Crippen molar-refractivity contribution in [3.8, 4) is 5.75 Å². The molecule has 2 N–H and O–H groups in total. The summed E-state index contributed by atoms with van der Waals surface area (Å²) in [5, 5.41) is 4.44. The number of pyridine rings is 1. The van der Waals surface area contributed by atoms with E-state index in [1.807, 2.05) is 0 Å². The first-order valence-corrected chi connectivity index (χ1v) is 8.21. The molecule has 6 nitrogen and oxygen atoms in total. The van der Waals surface area contributed by atoms with Gasteiger partial charge in [0.1, 0.15) is 5.75 Å². The largest absolute Gasteiger partial charge is 0.496 e. The normalized spacial score (nSPS) is 19.3. The molecule has 1 fully saturated rings. The standard InChI is InChI=1S/C18H15F3N4O2/c1-27-14-5-3-2-4-9(14)17(26)25-16-10(15(22)24-25)6-7-13(23-16)11-8-12(11)18(19,20)21/h2-7,11-12H,8H2,1H3,(H2,22,24)/t11-,12-/m1/s1. The van der Waals surface area contributed by atoms with E-state index in [0.717, 1.165) is 4.68 Å². The lowest BCUT2D eigenvalue weighted by molar-refractivity contribution is -0.148. The molecule has 0 bridgehead atoms. The number of nitrogens with zero attached hydrogens (tertiary/aromatic N) is 3. The summed E-state index contributed by atoms with van der Waals surface area (Å²) in [6.07, 6.45) is -4.26. The number of carbonyl (C=O) groups excluding carboxylic acids is 1. The quantitative estimate of drug-likeness (QED) is 0.758. The van der Waals surface area contributed by atoms with Crippen LogP contribution < -0.4 is 10.5 Å². The van der Waals surface area contributed by atoms with Crippen LogP contribution in [0.2, 0.25) is 0 Å². The molecule has 2 heterocycles. The lowest BCUT2D eigenvalue weighted by Gasteiger charge is -2.08. The van der Waals surface area contributed by atoms with Crippen LogP contribution in [-0.4, -0.2) is 34.0 Å². The number of rotatable bonds is 3. The summed E-state index contributed by atoms with van der Waals surface area (Å²) in [4.78, 5) is 17.2. The third-order valence-electron chi connectivity index (χ3n) is 4.70. The van der Waals surface area contributed by atoms with E-state index in [9.17, 15) is 18.0 Å². The van der Waals surface area contributed by atoms with E-state index >= 15 is 0 Å². The highest BCUT2D eigenvalue weighted by Gasteiger charge is 2.56. The van der Waals surface area contributed by atoms with Crippen molar-refractivity contribution < 1.29 is 22.7 Å². The molecule has 2 atom stereocenters. The van der Waals surface area contributed by atoms with Gasteiger partial charge >= 0.3 is 6.18 Å². The number of aromatic nitrogens is 3. The van der Waals surface area contributed by atoms with Crippen molar-refractivity contribution in [1.82, 2.24) is 14.8 Å². The molecule has 3 aromatic rings. The second-order valence-corrected chi connectivity index (χ2v) is 6.40. The number of hydrogen-bond donors (Lipinski definition) is 1. The fourth-order valence-electron chi connectivity index (χ4n) is 3.20. The number of benzene rings is 1. The Morgan fingerprint density at radius 3 is 2.67 bits per heavy atom. The maximum absolute atomic E-state index is 12.9. The molecule has 1 aromatic carbocycles. The van der Waals surface area contributed by atoms with E-state index in [2.05, 4.69) is 10.1 Å². The molecule has 1 saturated carbocycles. The highest BCUT2D eigenvalue weighted by molar-refractivity contribution is 6.03. The van der Waals surface area contributed by atoms with Gasteiger partial charge in [0.05, 0.1) is 24.0 Å². The van der Waals surface area contributed by atoms with Gasteiger partial charge in [-0.2, -0.15) is 17.9 Å². The SMILES string of the molecule is COc1ccccc1C(=O)n1nc(N)c2ccc([C@@H]3C[C@H]3C(F)(F)F)nc21. The van der Waals surface area contributed by atoms with Crippen LogP contribution in [0.5, 0.6) is 5.75 Å². The average Bonchev–Trinajstić information content (AvgIpc) is 3.40. The van der Waals surface area contributed by atoms with Crippen molar-refractivity contribution >= 4 is 22.8 Å². The molecule has 1 aliphatic carbocycles. The summed E-state index contributed by atoms with van der Waals surface area (Å²) in [5.74, 6) is -2.21. The molecule has 4 rings (SSSR count). The fraction of sp³-hybridized carbons (Fsp3) is 0.278. The van der Waals surface area contributed by atoms with Crippen molar-refractivity contribution in [3.63, 3.8) is 0 Å². The Labute approximate surface area is 151 Å². The number of anilines is 1. The molecule has 0 aliphatic heterocycles. The first kappa shape index (κ1) is 17.3. The highest BCUT2D eigenvalue weighted by Crippen LogP contribution is 2.55. The number of nitrogens with two attached hydrogens (primary N) is 1. The van der Waals surface area contributed by atoms with E-state index in [4.69, 9.17) is 10.5 Å². The number of methoxy groups -OCH3 is 1. The van der Waals surface area contributed by atoms with Gasteiger partial charge in [-0.1, -0.05) is 12.1 Å². The zero-order valence-corrected chi connectivity index (χ0v) is 14.2. The first-order valence-electron chi connectivity index (χ1n) is 8.21. The third-order valence-corrected chi connectivity index (χ3v) is 4.70. The maximum atomic E-state index is 12.9. The molecular weight excluding hydrogens is 361 g/mol. The molecule has 0 unspecified atom stereocenters. The van der Waals surface area contributed by atoms with Gasteiger partial charge in [-0.05, 0) is 30.7 Å². The molecule has 0 radical (unpaired) electrons.